The fraction of sp³-hybridized carbons (Fsp3) is 0.778. The van der Waals surface area contributed by atoms with Gasteiger partial charge in [-0.25, -0.2) is 0 Å². The molecule has 0 heterocycles. The summed E-state index contributed by atoms with van der Waals surface area (Å²) in [6.07, 6.45) is 2.93. The molecule has 0 fully saturated rings. The second-order valence-corrected chi connectivity index (χ2v) is 3.98. The third-order valence-corrected chi connectivity index (χ3v) is 2.53. The number of carboxylic acids is 1. The van der Waals surface area contributed by atoms with E-state index >= 15 is 0 Å². The lowest BCUT2D eigenvalue weighted by Crippen LogP contribution is -2.32. The first kappa shape index (κ1) is 13.3. The highest BCUT2D eigenvalue weighted by Crippen LogP contribution is 2.01. The predicted molar refractivity (Wildman–Crippen MR) is 57.4 cm³/mol. The number of hydrogen-bond acceptors (Lipinski definition) is 3. The van der Waals surface area contributed by atoms with Crippen LogP contribution in [-0.4, -0.2) is 35.5 Å². The van der Waals surface area contributed by atoms with Crippen molar-refractivity contribution in [3.63, 3.8) is 0 Å². The van der Waals surface area contributed by atoms with E-state index in [4.69, 9.17) is 5.11 Å². The van der Waals surface area contributed by atoms with E-state index in [1.807, 2.05) is 6.26 Å². The number of carboxylic acid groups (broad SMARTS) is 1. The Balaban J connectivity index is 3.68. The zero-order valence-electron chi connectivity index (χ0n) is 8.58. The minimum Gasteiger partial charge on any atom is -0.481 e. The number of nitrogens with one attached hydrogen (secondary N) is 1. The van der Waals surface area contributed by atoms with Gasteiger partial charge in [-0.05, 0) is 12.7 Å². The van der Waals surface area contributed by atoms with E-state index in [2.05, 4.69) is 5.32 Å². The second kappa shape index (κ2) is 7.67. The van der Waals surface area contributed by atoms with E-state index in [9.17, 15) is 9.59 Å². The summed E-state index contributed by atoms with van der Waals surface area (Å²) in [6, 6.07) is 0. The van der Waals surface area contributed by atoms with Gasteiger partial charge >= 0.3 is 5.97 Å². The van der Waals surface area contributed by atoms with Crippen LogP contribution in [0.2, 0.25) is 0 Å². The van der Waals surface area contributed by atoms with E-state index in [1.165, 1.54) is 0 Å². The molecule has 4 nitrogen and oxygen atoms in total. The Morgan fingerprint density at radius 2 is 2.14 bits per heavy atom. The SMILES string of the molecule is CCC(CNC(=O)CCSC)C(=O)O. The predicted octanol–water partition coefficient (Wildman–Crippen LogP) is 0.967. The van der Waals surface area contributed by atoms with Gasteiger partial charge in [0.25, 0.3) is 0 Å². The summed E-state index contributed by atoms with van der Waals surface area (Å²) in [5.41, 5.74) is 0. The van der Waals surface area contributed by atoms with E-state index in [0.29, 0.717) is 12.8 Å². The molecule has 1 amide bonds. The Kier molecular flexibility index (Phi) is 7.28. The first-order valence-electron chi connectivity index (χ1n) is 4.60. The molecule has 0 bridgehead atoms. The van der Waals surface area contributed by atoms with Crippen molar-refractivity contribution in [2.75, 3.05) is 18.6 Å². The number of aliphatic carboxylic acids is 1. The molecule has 0 aromatic carbocycles. The molecule has 82 valence electrons. The number of hydrogen-bond donors (Lipinski definition) is 2. The minimum absolute atomic E-state index is 0.0703. The monoisotopic (exact) mass is 219 g/mol. The van der Waals surface area contributed by atoms with Crippen molar-refractivity contribution in [3.8, 4) is 0 Å². The molecule has 5 heteroatoms. The number of carbonyl (C=O) groups is 2. The molecular formula is C9H17NO3S. The van der Waals surface area contributed by atoms with E-state index < -0.39 is 11.9 Å². The van der Waals surface area contributed by atoms with Crippen LogP contribution >= 0.6 is 11.8 Å². The summed E-state index contributed by atoms with van der Waals surface area (Å²) >= 11 is 1.60. The van der Waals surface area contributed by atoms with Gasteiger partial charge in [-0.15, -0.1) is 0 Å². The van der Waals surface area contributed by atoms with Gasteiger partial charge in [-0.2, -0.15) is 11.8 Å². The Morgan fingerprint density at radius 3 is 2.57 bits per heavy atom. The van der Waals surface area contributed by atoms with Crippen molar-refractivity contribution < 1.29 is 14.7 Å². The third kappa shape index (κ3) is 5.85. The number of amides is 1. The number of rotatable bonds is 7. The van der Waals surface area contributed by atoms with Gasteiger partial charge in [-0.3, -0.25) is 9.59 Å². The highest BCUT2D eigenvalue weighted by Gasteiger charge is 2.15. The average molecular weight is 219 g/mol. The molecule has 14 heavy (non-hydrogen) atoms. The van der Waals surface area contributed by atoms with E-state index in [0.717, 1.165) is 5.75 Å². The fourth-order valence-electron chi connectivity index (χ4n) is 0.926. The Morgan fingerprint density at radius 1 is 1.50 bits per heavy atom. The molecule has 0 aliphatic rings. The molecule has 1 atom stereocenters. The quantitative estimate of drug-likeness (QED) is 0.669. The average Bonchev–Trinajstić information content (AvgIpc) is 2.15. The van der Waals surface area contributed by atoms with Crippen LogP contribution in [0.3, 0.4) is 0 Å². The summed E-state index contributed by atoms with van der Waals surface area (Å²) in [7, 11) is 0. The Labute approximate surface area is 88.4 Å². The van der Waals surface area contributed by atoms with Crippen LogP contribution < -0.4 is 5.32 Å². The highest BCUT2D eigenvalue weighted by atomic mass is 32.2. The molecule has 1 unspecified atom stereocenters. The molecule has 0 rings (SSSR count). The third-order valence-electron chi connectivity index (χ3n) is 1.92. The Bertz CT molecular complexity index is 196. The van der Waals surface area contributed by atoms with Gasteiger partial charge in [-0.1, -0.05) is 6.92 Å². The van der Waals surface area contributed by atoms with Crippen LogP contribution in [0.15, 0.2) is 0 Å². The van der Waals surface area contributed by atoms with Crippen LogP contribution in [0.25, 0.3) is 0 Å². The number of thioether (sulfide) groups is 1. The Hall–Kier alpha value is -0.710. The second-order valence-electron chi connectivity index (χ2n) is 2.99. The van der Waals surface area contributed by atoms with Crippen LogP contribution in [-0.2, 0) is 9.59 Å². The highest BCUT2D eigenvalue weighted by molar-refractivity contribution is 7.98. The zero-order chi connectivity index (χ0) is 11.0. The van der Waals surface area contributed by atoms with Crippen LogP contribution in [0.5, 0.6) is 0 Å². The van der Waals surface area contributed by atoms with Gasteiger partial charge in [0.2, 0.25) is 5.91 Å². The summed E-state index contributed by atoms with van der Waals surface area (Å²) < 4.78 is 0. The van der Waals surface area contributed by atoms with Crippen molar-refractivity contribution in [2.45, 2.75) is 19.8 Å². The maximum atomic E-state index is 11.1. The normalized spacial score (nSPS) is 12.1. The summed E-state index contributed by atoms with van der Waals surface area (Å²) in [5, 5.41) is 11.3. The van der Waals surface area contributed by atoms with Crippen molar-refractivity contribution >= 4 is 23.6 Å². The maximum Gasteiger partial charge on any atom is 0.308 e. The molecule has 0 aliphatic carbocycles. The van der Waals surface area contributed by atoms with Crippen molar-refractivity contribution in [1.82, 2.24) is 5.32 Å². The van der Waals surface area contributed by atoms with Gasteiger partial charge < -0.3 is 10.4 Å². The lowest BCUT2D eigenvalue weighted by molar-refractivity contribution is -0.141. The van der Waals surface area contributed by atoms with Gasteiger partial charge in [0.15, 0.2) is 0 Å². The van der Waals surface area contributed by atoms with Gasteiger partial charge in [0.05, 0.1) is 5.92 Å². The van der Waals surface area contributed by atoms with Crippen LogP contribution in [0.4, 0.5) is 0 Å². The maximum absolute atomic E-state index is 11.1. The molecule has 0 saturated heterocycles. The van der Waals surface area contributed by atoms with Crippen molar-refractivity contribution in [3.05, 3.63) is 0 Å². The lowest BCUT2D eigenvalue weighted by atomic mass is 10.1. The molecule has 2 N–H and O–H groups in total. The van der Waals surface area contributed by atoms with Crippen LogP contribution in [0, 0.1) is 5.92 Å². The van der Waals surface area contributed by atoms with Crippen molar-refractivity contribution in [2.24, 2.45) is 5.92 Å². The molecule has 0 saturated carbocycles. The topological polar surface area (TPSA) is 66.4 Å². The molecular weight excluding hydrogens is 202 g/mol. The number of carbonyl (C=O) groups excluding carboxylic acids is 1. The lowest BCUT2D eigenvalue weighted by Gasteiger charge is -2.10. The van der Waals surface area contributed by atoms with E-state index in [-0.39, 0.29) is 12.5 Å². The summed E-state index contributed by atoms with van der Waals surface area (Å²) in [5.74, 6) is -0.611. The van der Waals surface area contributed by atoms with Crippen molar-refractivity contribution in [1.29, 1.82) is 0 Å². The molecule has 0 aromatic heterocycles. The molecule has 0 spiro atoms. The fourth-order valence-corrected chi connectivity index (χ4v) is 1.32. The minimum atomic E-state index is -0.849. The smallest absolute Gasteiger partial charge is 0.308 e. The first-order chi connectivity index (χ1) is 6.61. The van der Waals surface area contributed by atoms with Crippen LogP contribution in [0.1, 0.15) is 19.8 Å². The van der Waals surface area contributed by atoms with Gasteiger partial charge in [0, 0.05) is 18.7 Å². The van der Waals surface area contributed by atoms with Gasteiger partial charge in [0.1, 0.15) is 0 Å². The first-order valence-corrected chi connectivity index (χ1v) is 5.99. The largest absolute Gasteiger partial charge is 0.481 e. The van der Waals surface area contributed by atoms with E-state index in [1.54, 1.807) is 18.7 Å². The molecule has 0 aliphatic heterocycles. The standard InChI is InChI=1S/C9H17NO3S/c1-3-7(9(12)13)6-10-8(11)4-5-14-2/h7H,3-6H2,1-2H3,(H,10,11)(H,12,13). The molecule has 0 aromatic rings. The zero-order valence-corrected chi connectivity index (χ0v) is 9.39. The summed E-state index contributed by atoms with van der Waals surface area (Å²) in [4.78, 5) is 21.7. The molecule has 0 radical (unpaired) electrons. The summed E-state index contributed by atoms with van der Waals surface area (Å²) in [6.45, 7) is 2.03.